The van der Waals surface area contributed by atoms with Gasteiger partial charge in [0.2, 0.25) is 0 Å². The Morgan fingerprint density at radius 1 is 1.10 bits per heavy atom. The highest BCUT2D eigenvalue weighted by Gasteiger charge is 2.10. The Hall–Kier alpha value is -0.840. The van der Waals surface area contributed by atoms with Gasteiger partial charge in [0.15, 0.2) is 0 Å². The average molecular weight is 343 g/mol. The molecule has 0 aromatic carbocycles. The molecule has 2 N–H and O–H groups in total. The van der Waals surface area contributed by atoms with E-state index < -0.39 is 0 Å². The molecule has 4 nitrogen and oxygen atoms in total. The molecule has 5 heteroatoms. The van der Waals surface area contributed by atoms with Crippen LogP contribution in [0, 0.1) is 5.92 Å². The summed E-state index contributed by atoms with van der Waals surface area (Å²) in [5.41, 5.74) is 0. The van der Waals surface area contributed by atoms with Crippen LogP contribution in [0.4, 0.5) is 11.6 Å². The second kappa shape index (κ2) is 9.97. The van der Waals surface area contributed by atoms with Gasteiger partial charge in [0, 0.05) is 13.1 Å². The smallest absolute Gasteiger partial charge is 0.145 e. The van der Waals surface area contributed by atoms with Crippen LogP contribution in [0.1, 0.15) is 52.9 Å². The van der Waals surface area contributed by atoms with Gasteiger partial charge in [0.05, 0.1) is 0 Å². The van der Waals surface area contributed by atoms with E-state index in [0.29, 0.717) is 5.92 Å². The number of unbranched alkanes of at least 4 members (excludes halogenated alkanes) is 1. The van der Waals surface area contributed by atoms with Crippen LogP contribution in [0.25, 0.3) is 0 Å². The lowest BCUT2D eigenvalue weighted by Gasteiger charge is -2.17. The molecule has 1 unspecified atom stereocenters. The minimum Gasteiger partial charge on any atom is -0.369 e. The fraction of sp³-hybridized carbons (Fsp3) is 0.733. The topological polar surface area (TPSA) is 49.8 Å². The number of nitrogens with one attached hydrogen (secondary N) is 2. The van der Waals surface area contributed by atoms with Gasteiger partial charge in [-0.25, -0.2) is 9.97 Å². The van der Waals surface area contributed by atoms with Gasteiger partial charge in [-0.15, -0.1) is 0 Å². The normalized spacial score (nSPS) is 12.2. The predicted octanol–water partition coefficient (Wildman–Crippen LogP) is 4.69. The first-order chi connectivity index (χ1) is 9.72. The van der Waals surface area contributed by atoms with E-state index in [2.05, 4.69) is 57.3 Å². The quantitative estimate of drug-likeness (QED) is 0.647. The van der Waals surface area contributed by atoms with Crippen LogP contribution >= 0.6 is 15.9 Å². The molecular weight excluding hydrogens is 316 g/mol. The molecule has 1 atom stereocenters. The van der Waals surface area contributed by atoms with Gasteiger partial charge in [0.25, 0.3) is 0 Å². The molecule has 0 amide bonds. The standard InChI is InChI=1S/C15H27BrN4/c1-4-7-8-12(6-3)10-18-15-13(16)14(17-9-5-2)19-11-20-15/h11-12H,4-10H2,1-3H3,(H2,17,18,19,20). The Balaban J connectivity index is 2.58. The molecule has 0 fully saturated rings. The Labute approximate surface area is 131 Å². The maximum atomic E-state index is 4.32. The number of anilines is 2. The van der Waals surface area contributed by atoms with Crippen molar-refractivity contribution >= 4 is 27.6 Å². The summed E-state index contributed by atoms with van der Waals surface area (Å²) in [6, 6.07) is 0. The van der Waals surface area contributed by atoms with E-state index in [0.717, 1.165) is 35.6 Å². The molecule has 1 rings (SSSR count). The summed E-state index contributed by atoms with van der Waals surface area (Å²) in [6.45, 7) is 8.53. The predicted molar refractivity (Wildman–Crippen MR) is 90.3 cm³/mol. The maximum Gasteiger partial charge on any atom is 0.145 e. The molecular formula is C15H27BrN4. The lowest BCUT2D eigenvalue weighted by Crippen LogP contribution is -2.15. The molecule has 114 valence electrons. The summed E-state index contributed by atoms with van der Waals surface area (Å²) < 4.78 is 0.929. The molecule has 1 aromatic rings. The number of rotatable bonds is 10. The van der Waals surface area contributed by atoms with Crippen LogP contribution in [-0.2, 0) is 0 Å². The summed E-state index contributed by atoms with van der Waals surface area (Å²) in [4.78, 5) is 8.59. The third kappa shape index (κ3) is 5.65. The highest BCUT2D eigenvalue weighted by atomic mass is 79.9. The Kier molecular flexibility index (Phi) is 8.58. The summed E-state index contributed by atoms with van der Waals surface area (Å²) >= 11 is 3.59. The van der Waals surface area contributed by atoms with Gasteiger partial charge in [-0.2, -0.15) is 0 Å². The fourth-order valence-electron chi connectivity index (χ4n) is 2.04. The highest BCUT2D eigenvalue weighted by Crippen LogP contribution is 2.27. The lowest BCUT2D eigenvalue weighted by molar-refractivity contribution is 0.472. The van der Waals surface area contributed by atoms with Gasteiger partial charge in [-0.3, -0.25) is 0 Å². The minimum atomic E-state index is 0.712. The number of nitrogens with zero attached hydrogens (tertiary/aromatic N) is 2. The van der Waals surface area contributed by atoms with Crippen LogP contribution in [0.3, 0.4) is 0 Å². The number of hydrogen-bond donors (Lipinski definition) is 2. The lowest BCUT2D eigenvalue weighted by atomic mass is 9.99. The largest absolute Gasteiger partial charge is 0.369 e. The zero-order valence-electron chi connectivity index (χ0n) is 12.9. The van der Waals surface area contributed by atoms with Crippen molar-refractivity contribution in [2.75, 3.05) is 23.7 Å². The summed E-state index contributed by atoms with van der Waals surface area (Å²) in [5.74, 6) is 2.46. The highest BCUT2D eigenvalue weighted by molar-refractivity contribution is 9.10. The van der Waals surface area contributed by atoms with Crippen molar-refractivity contribution in [3.8, 4) is 0 Å². The molecule has 0 saturated heterocycles. The molecule has 0 aliphatic carbocycles. The van der Waals surface area contributed by atoms with Gasteiger partial charge in [0.1, 0.15) is 22.4 Å². The van der Waals surface area contributed by atoms with E-state index in [1.807, 2.05) is 0 Å². The zero-order chi connectivity index (χ0) is 14.8. The molecule has 1 heterocycles. The zero-order valence-corrected chi connectivity index (χ0v) is 14.5. The van der Waals surface area contributed by atoms with Crippen LogP contribution in [0.5, 0.6) is 0 Å². The van der Waals surface area contributed by atoms with Crippen molar-refractivity contribution in [3.05, 3.63) is 10.8 Å². The van der Waals surface area contributed by atoms with E-state index in [-0.39, 0.29) is 0 Å². The van der Waals surface area contributed by atoms with Crippen LogP contribution < -0.4 is 10.6 Å². The van der Waals surface area contributed by atoms with E-state index in [4.69, 9.17) is 0 Å². The van der Waals surface area contributed by atoms with Crippen molar-refractivity contribution in [1.29, 1.82) is 0 Å². The number of halogens is 1. The van der Waals surface area contributed by atoms with E-state index in [1.54, 1.807) is 6.33 Å². The molecule has 20 heavy (non-hydrogen) atoms. The molecule has 0 radical (unpaired) electrons. The molecule has 0 saturated carbocycles. The number of aromatic nitrogens is 2. The minimum absolute atomic E-state index is 0.712. The van der Waals surface area contributed by atoms with Crippen molar-refractivity contribution in [3.63, 3.8) is 0 Å². The van der Waals surface area contributed by atoms with E-state index >= 15 is 0 Å². The Morgan fingerprint density at radius 3 is 2.40 bits per heavy atom. The fourth-order valence-corrected chi connectivity index (χ4v) is 2.53. The monoisotopic (exact) mass is 342 g/mol. The molecule has 0 bridgehead atoms. The second-order valence-electron chi connectivity index (χ2n) is 5.11. The first-order valence-corrected chi connectivity index (χ1v) is 8.50. The van der Waals surface area contributed by atoms with Crippen molar-refractivity contribution in [1.82, 2.24) is 9.97 Å². The Bertz CT molecular complexity index is 384. The van der Waals surface area contributed by atoms with E-state index in [1.165, 1.54) is 25.7 Å². The average Bonchev–Trinajstić information content (AvgIpc) is 2.47. The van der Waals surface area contributed by atoms with Crippen molar-refractivity contribution < 1.29 is 0 Å². The second-order valence-corrected chi connectivity index (χ2v) is 5.90. The van der Waals surface area contributed by atoms with Crippen molar-refractivity contribution in [2.45, 2.75) is 52.9 Å². The summed E-state index contributed by atoms with van der Waals surface area (Å²) in [6.07, 6.45) is 7.74. The summed E-state index contributed by atoms with van der Waals surface area (Å²) in [5, 5.41) is 6.75. The molecule has 0 aliphatic rings. The van der Waals surface area contributed by atoms with Crippen LogP contribution in [0.2, 0.25) is 0 Å². The molecule has 0 aliphatic heterocycles. The first-order valence-electron chi connectivity index (χ1n) is 7.71. The molecule has 1 aromatic heterocycles. The van der Waals surface area contributed by atoms with Crippen LogP contribution in [-0.4, -0.2) is 23.1 Å². The van der Waals surface area contributed by atoms with E-state index in [9.17, 15) is 0 Å². The van der Waals surface area contributed by atoms with Gasteiger partial charge in [-0.1, -0.05) is 40.0 Å². The third-order valence-corrected chi connectivity index (χ3v) is 4.18. The summed E-state index contributed by atoms with van der Waals surface area (Å²) in [7, 11) is 0. The number of hydrogen-bond acceptors (Lipinski definition) is 4. The third-order valence-electron chi connectivity index (χ3n) is 3.43. The van der Waals surface area contributed by atoms with Gasteiger partial charge < -0.3 is 10.6 Å². The maximum absolute atomic E-state index is 4.32. The van der Waals surface area contributed by atoms with Crippen molar-refractivity contribution in [2.24, 2.45) is 5.92 Å². The first kappa shape index (κ1) is 17.2. The Morgan fingerprint density at radius 2 is 1.80 bits per heavy atom. The van der Waals surface area contributed by atoms with Crippen LogP contribution in [0.15, 0.2) is 10.8 Å². The molecule has 0 spiro atoms. The van der Waals surface area contributed by atoms with Gasteiger partial charge >= 0.3 is 0 Å². The van der Waals surface area contributed by atoms with Gasteiger partial charge in [-0.05, 0) is 34.7 Å². The SMILES string of the molecule is CCCCC(CC)CNc1ncnc(NCCC)c1Br.